The van der Waals surface area contributed by atoms with E-state index in [1.807, 2.05) is 49.6 Å². The molecule has 4 rings (SSSR count). The summed E-state index contributed by atoms with van der Waals surface area (Å²) in [4.78, 5) is 17.0. The van der Waals surface area contributed by atoms with Gasteiger partial charge in [-0.25, -0.2) is 14.2 Å². The van der Waals surface area contributed by atoms with Gasteiger partial charge in [-0.2, -0.15) is 0 Å². The molecule has 2 heterocycles. The maximum atomic E-state index is 13.7. The molecule has 0 aliphatic carbocycles. The Hall–Kier alpha value is -2.89. The van der Waals surface area contributed by atoms with E-state index in [9.17, 15) is 9.18 Å². The number of alkyl carbamates (subject to hydrolysis) is 1. The highest BCUT2D eigenvalue weighted by molar-refractivity contribution is 5.77. The lowest BCUT2D eigenvalue weighted by molar-refractivity contribution is 0.0508. The zero-order valence-electron chi connectivity index (χ0n) is 14.9. The number of hydrogen-bond acceptors (Lipinski definition) is 3. The van der Waals surface area contributed by atoms with Crippen molar-refractivity contribution >= 4 is 17.1 Å². The van der Waals surface area contributed by atoms with Gasteiger partial charge in [0.25, 0.3) is 0 Å². The van der Waals surface area contributed by atoms with Crippen LogP contribution in [0.15, 0.2) is 42.5 Å². The highest BCUT2D eigenvalue weighted by Crippen LogP contribution is 2.34. The van der Waals surface area contributed by atoms with Crippen LogP contribution in [0, 0.1) is 5.82 Å². The van der Waals surface area contributed by atoms with E-state index in [2.05, 4.69) is 10.3 Å². The molecular formula is C20H20FN3O2. The average molecular weight is 353 g/mol. The van der Waals surface area contributed by atoms with Crippen molar-refractivity contribution in [3.8, 4) is 0 Å². The molecule has 0 spiro atoms. The van der Waals surface area contributed by atoms with E-state index in [4.69, 9.17) is 4.74 Å². The topological polar surface area (TPSA) is 56.1 Å². The third-order valence-corrected chi connectivity index (χ3v) is 4.35. The largest absolute Gasteiger partial charge is 0.444 e. The summed E-state index contributed by atoms with van der Waals surface area (Å²) in [5.41, 5.74) is 2.85. The van der Waals surface area contributed by atoms with Crippen molar-refractivity contribution in [1.82, 2.24) is 14.9 Å². The number of carbonyl (C=O) groups is 1. The molecule has 6 heteroatoms. The van der Waals surface area contributed by atoms with E-state index in [0.717, 1.165) is 11.1 Å². The predicted molar refractivity (Wildman–Crippen MR) is 96.4 cm³/mol. The Morgan fingerprint density at radius 1 is 1.27 bits per heavy atom. The van der Waals surface area contributed by atoms with Crippen LogP contribution in [0.25, 0.3) is 11.0 Å². The number of halogens is 1. The number of carbonyl (C=O) groups excluding carboxylic acids is 1. The van der Waals surface area contributed by atoms with Gasteiger partial charge in [-0.05, 0) is 50.1 Å². The van der Waals surface area contributed by atoms with Gasteiger partial charge in [0.05, 0.1) is 11.0 Å². The van der Waals surface area contributed by atoms with Gasteiger partial charge in [-0.15, -0.1) is 0 Å². The first-order valence-electron chi connectivity index (χ1n) is 8.55. The van der Waals surface area contributed by atoms with Crippen LogP contribution >= 0.6 is 0 Å². The summed E-state index contributed by atoms with van der Waals surface area (Å²) in [5, 5.41) is 2.93. The van der Waals surface area contributed by atoms with Crippen LogP contribution in [-0.2, 0) is 11.3 Å². The Kier molecular flexibility index (Phi) is 3.72. The maximum absolute atomic E-state index is 13.7. The summed E-state index contributed by atoms with van der Waals surface area (Å²) >= 11 is 0. The van der Waals surface area contributed by atoms with Crippen LogP contribution in [0.4, 0.5) is 9.18 Å². The van der Waals surface area contributed by atoms with Crippen molar-refractivity contribution in [2.24, 2.45) is 0 Å². The quantitative estimate of drug-likeness (QED) is 0.715. The van der Waals surface area contributed by atoms with E-state index in [0.29, 0.717) is 23.4 Å². The molecule has 1 amide bonds. The van der Waals surface area contributed by atoms with Gasteiger partial charge in [0.15, 0.2) is 0 Å². The number of benzene rings is 2. The molecule has 5 nitrogen and oxygen atoms in total. The number of nitrogens with zero attached hydrogens (tertiary/aromatic N) is 2. The van der Waals surface area contributed by atoms with Crippen LogP contribution in [0.5, 0.6) is 0 Å². The SMILES string of the molecule is CC(C)(C)OC(=O)N[C@H]1c2ccccc2Cn2c1nc1ccc(F)cc12. The Labute approximate surface area is 150 Å². The molecule has 1 aliphatic rings. The zero-order chi connectivity index (χ0) is 18.5. The van der Waals surface area contributed by atoms with Gasteiger partial charge in [-0.3, -0.25) is 0 Å². The number of fused-ring (bicyclic) bond motifs is 4. The van der Waals surface area contributed by atoms with E-state index in [1.54, 1.807) is 6.07 Å². The lowest BCUT2D eigenvalue weighted by Gasteiger charge is -2.29. The predicted octanol–water partition coefficient (Wildman–Crippen LogP) is 4.15. The van der Waals surface area contributed by atoms with Crippen molar-refractivity contribution in [1.29, 1.82) is 0 Å². The first kappa shape index (κ1) is 16.6. The molecule has 1 aliphatic heterocycles. The average Bonchev–Trinajstić information content (AvgIpc) is 2.91. The van der Waals surface area contributed by atoms with E-state index in [1.165, 1.54) is 12.1 Å². The number of ether oxygens (including phenoxy) is 1. The van der Waals surface area contributed by atoms with Crippen LogP contribution in [-0.4, -0.2) is 21.2 Å². The number of rotatable bonds is 1. The second kappa shape index (κ2) is 5.83. The molecule has 134 valence electrons. The normalized spacial score (nSPS) is 16.1. The molecule has 26 heavy (non-hydrogen) atoms. The number of amides is 1. The second-order valence-electron chi connectivity index (χ2n) is 7.47. The molecule has 0 saturated heterocycles. The van der Waals surface area contributed by atoms with Crippen LogP contribution in [0.3, 0.4) is 0 Å². The summed E-state index contributed by atoms with van der Waals surface area (Å²) in [7, 11) is 0. The number of aromatic nitrogens is 2. The highest BCUT2D eigenvalue weighted by atomic mass is 19.1. The Balaban J connectivity index is 1.81. The number of imidazole rings is 1. The number of hydrogen-bond donors (Lipinski definition) is 1. The minimum atomic E-state index is -0.596. The van der Waals surface area contributed by atoms with Crippen LogP contribution in [0.1, 0.15) is 43.8 Å². The lowest BCUT2D eigenvalue weighted by Crippen LogP contribution is -2.38. The van der Waals surface area contributed by atoms with Gasteiger partial charge in [0, 0.05) is 6.54 Å². The van der Waals surface area contributed by atoms with Gasteiger partial charge in [0.2, 0.25) is 0 Å². The molecular weight excluding hydrogens is 333 g/mol. The second-order valence-corrected chi connectivity index (χ2v) is 7.47. The highest BCUT2D eigenvalue weighted by Gasteiger charge is 2.31. The summed E-state index contributed by atoms with van der Waals surface area (Å²) in [6.45, 7) is 6.04. The molecule has 0 radical (unpaired) electrons. The molecule has 1 atom stereocenters. The van der Waals surface area contributed by atoms with Crippen molar-refractivity contribution in [2.75, 3.05) is 0 Å². The first-order valence-corrected chi connectivity index (χ1v) is 8.55. The molecule has 1 N–H and O–H groups in total. The zero-order valence-corrected chi connectivity index (χ0v) is 14.9. The maximum Gasteiger partial charge on any atom is 0.408 e. The molecule has 0 saturated carbocycles. The van der Waals surface area contributed by atoms with E-state index < -0.39 is 17.7 Å². The van der Waals surface area contributed by atoms with E-state index >= 15 is 0 Å². The summed E-state index contributed by atoms with van der Waals surface area (Å²) in [6, 6.07) is 11.9. The molecule has 3 aromatic rings. The Morgan fingerprint density at radius 3 is 2.81 bits per heavy atom. The fraction of sp³-hybridized carbons (Fsp3) is 0.300. The monoisotopic (exact) mass is 353 g/mol. The Morgan fingerprint density at radius 2 is 2.04 bits per heavy atom. The molecule has 1 aromatic heterocycles. The molecule has 0 fully saturated rings. The third-order valence-electron chi connectivity index (χ3n) is 4.35. The minimum absolute atomic E-state index is 0.310. The molecule has 0 unspecified atom stereocenters. The smallest absolute Gasteiger partial charge is 0.408 e. The fourth-order valence-corrected chi connectivity index (χ4v) is 3.34. The van der Waals surface area contributed by atoms with Crippen LogP contribution < -0.4 is 5.32 Å². The molecule has 2 aromatic carbocycles. The summed E-state index contributed by atoms with van der Waals surface area (Å²) in [6.07, 6.45) is -0.510. The first-order chi connectivity index (χ1) is 12.3. The van der Waals surface area contributed by atoms with E-state index in [-0.39, 0.29) is 5.82 Å². The number of nitrogens with one attached hydrogen (secondary N) is 1. The summed E-state index contributed by atoms with van der Waals surface area (Å²) < 4.78 is 21.1. The van der Waals surface area contributed by atoms with Gasteiger partial charge in [-0.1, -0.05) is 24.3 Å². The minimum Gasteiger partial charge on any atom is -0.444 e. The molecule has 0 bridgehead atoms. The van der Waals surface area contributed by atoms with Gasteiger partial charge < -0.3 is 14.6 Å². The fourth-order valence-electron chi connectivity index (χ4n) is 3.34. The van der Waals surface area contributed by atoms with Gasteiger partial charge >= 0.3 is 6.09 Å². The van der Waals surface area contributed by atoms with Gasteiger partial charge in [0.1, 0.15) is 23.3 Å². The standard InChI is InChI=1S/C20H20FN3O2/c1-20(2,3)26-19(25)23-17-14-7-5-4-6-12(14)11-24-16-10-13(21)8-9-15(16)22-18(17)24/h4-10,17H,11H2,1-3H3,(H,23,25)/t17-/m0/s1. The van der Waals surface area contributed by atoms with Crippen LogP contribution in [0.2, 0.25) is 0 Å². The Bertz CT molecular complexity index is 1000. The third kappa shape index (κ3) is 2.92. The van der Waals surface area contributed by atoms with Crippen molar-refractivity contribution in [3.63, 3.8) is 0 Å². The van der Waals surface area contributed by atoms with Crippen molar-refractivity contribution in [2.45, 2.75) is 39.0 Å². The van der Waals surface area contributed by atoms with Crippen molar-refractivity contribution in [3.05, 3.63) is 65.2 Å². The summed E-state index contributed by atoms with van der Waals surface area (Å²) in [5.74, 6) is 0.367. The van der Waals surface area contributed by atoms with Crippen molar-refractivity contribution < 1.29 is 13.9 Å². The lowest BCUT2D eigenvalue weighted by atomic mass is 9.96.